The van der Waals surface area contributed by atoms with Crippen LogP contribution in [0.15, 0.2) is 53.6 Å². The maximum absolute atomic E-state index is 11.6. The zero-order valence-corrected chi connectivity index (χ0v) is 9.91. The molecule has 0 fully saturated rings. The summed E-state index contributed by atoms with van der Waals surface area (Å²) < 4.78 is 11.6. The number of pyridine rings is 1. The second-order valence-electron chi connectivity index (χ2n) is 3.37. The molecule has 2 rings (SSSR count). The molecule has 1 atom stereocenters. The summed E-state index contributed by atoms with van der Waals surface area (Å²) in [5.41, 5.74) is 1.99. The molecule has 2 nitrogen and oxygen atoms in total. The molecule has 0 aliphatic heterocycles. The zero-order chi connectivity index (χ0) is 11.4. The first-order valence-electron chi connectivity index (χ1n) is 5.21. The molecular formula is C13H13NOS. The minimum Gasteiger partial charge on any atom is -0.256 e. The van der Waals surface area contributed by atoms with Crippen LogP contribution < -0.4 is 0 Å². The van der Waals surface area contributed by atoms with Gasteiger partial charge in [0.25, 0.3) is 0 Å². The summed E-state index contributed by atoms with van der Waals surface area (Å²) in [5.74, 6) is 0.656. The van der Waals surface area contributed by atoms with Crippen LogP contribution >= 0.6 is 0 Å². The molecule has 0 saturated carbocycles. The van der Waals surface area contributed by atoms with Crippen molar-refractivity contribution in [2.75, 3.05) is 5.75 Å². The molecule has 1 aromatic carbocycles. The van der Waals surface area contributed by atoms with Gasteiger partial charge in [0.05, 0.1) is 16.5 Å². The predicted molar refractivity (Wildman–Crippen MR) is 66.6 cm³/mol. The van der Waals surface area contributed by atoms with Crippen molar-refractivity contribution in [1.29, 1.82) is 0 Å². The lowest BCUT2D eigenvalue weighted by Crippen LogP contribution is -1.93. The normalized spacial score (nSPS) is 12.3. The van der Waals surface area contributed by atoms with E-state index in [9.17, 15) is 4.21 Å². The van der Waals surface area contributed by atoms with Crippen LogP contribution in [-0.4, -0.2) is 14.9 Å². The fourth-order valence-electron chi connectivity index (χ4n) is 1.48. The Bertz CT molecular complexity index is 479. The third kappa shape index (κ3) is 2.36. The van der Waals surface area contributed by atoms with Gasteiger partial charge in [-0.05, 0) is 24.3 Å². The fraction of sp³-hybridized carbons (Fsp3) is 0.154. The van der Waals surface area contributed by atoms with Crippen molar-refractivity contribution in [3.63, 3.8) is 0 Å². The highest BCUT2D eigenvalue weighted by Crippen LogP contribution is 2.18. The third-order valence-corrected chi connectivity index (χ3v) is 3.66. The first-order chi connectivity index (χ1) is 7.81. The molecular weight excluding hydrogens is 218 g/mol. The molecule has 1 unspecified atom stereocenters. The molecule has 0 amide bonds. The Hall–Kier alpha value is -1.48. The standard InChI is InChI=1S/C13H13NOS/c1-2-16(15)12-8-6-11(7-9-12)13-5-3-4-10-14-13/h3-10H,2H2,1H3. The van der Waals surface area contributed by atoms with Crippen LogP contribution in [0, 0.1) is 0 Å². The summed E-state index contributed by atoms with van der Waals surface area (Å²) in [5, 5.41) is 0. The highest BCUT2D eigenvalue weighted by molar-refractivity contribution is 7.85. The van der Waals surface area contributed by atoms with E-state index in [1.165, 1.54) is 0 Å². The van der Waals surface area contributed by atoms with Crippen LogP contribution in [-0.2, 0) is 10.8 Å². The lowest BCUT2D eigenvalue weighted by molar-refractivity contribution is 0.684. The van der Waals surface area contributed by atoms with E-state index in [0.717, 1.165) is 16.2 Å². The smallest absolute Gasteiger partial charge is 0.0701 e. The minimum absolute atomic E-state index is 0.656. The fourth-order valence-corrected chi connectivity index (χ4v) is 2.25. The monoisotopic (exact) mass is 231 g/mol. The number of hydrogen-bond donors (Lipinski definition) is 0. The van der Waals surface area contributed by atoms with Crippen LogP contribution in [0.3, 0.4) is 0 Å². The molecule has 0 spiro atoms. The summed E-state index contributed by atoms with van der Waals surface area (Å²) in [4.78, 5) is 5.14. The summed E-state index contributed by atoms with van der Waals surface area (Å²) in [6.45, 7) is 1.92. The largest absolute Gasteiger partial charge is 0.256 e. The number of aromatic nitrogens is 1. The molecule has 0 N–H and O–H groups in total. The molecule has 0 aliphatic carbocycles. The van der Waals surface area contributed by atoms with Gasteiger partial charge in [-0.1, -0.05) is 25.1 Å². The SMILES string of the molecule is CCS(=O)c1ccc(-c2ccccn2)cc1. The van der Waals surface area contributed by atoms with Gasteiger partial charge in [-0.2, -0.15) is 0 Å². The van der Waals surface area contributed by atoms with E-state index in [1.54, 1.807) is 6.20 Å². The average molecular weight is 231 g/mol. The minimum atomic E-state index is -0.875. The van der Waals surface area contributed by atoms with Crippen molar-refractivity contribution in [3.8, 4) is 11.3 Å². The van der Waals surface area contributed by atoms with Gasteiger partial charge in [0, 0.05) is 22.4 Å². The van der Waals surface area contributed by atoms with E-state index >= 15 is 0 Å². The molecule has 0 radical (unpaired) electrons. The van der Waals surface area contributed by atoms with Gasteiger partial charge < -0.3 is 0 Å². The molecule has 0 aliphatic rings. The maximum atomic E-state index is 11.6. The Morgan fingerprint density at radius 1 is 1.12 bits per heavy atom. The van der Waals surface area contributed by atoms with Gasteiger partial charge in [0.15, 0.2) is 0 Å². The van der Waals surface area contributed by atoms with E-state index < -0.39 is 10.8 Å². The average Bonchev–Trinajstić information content (AvgIpc) is 2.39. The Morgan fingerprint density at radius 2 is 1.88 bits per heavy atom. The summed E-state index contributed by atoms with van der Waals surface area (Å²) in [6.07, 6.45) is 1.77. The zero-order valence-electron chi connectivity index (χ0n) is 9.09. The van der Waals surface area contributed by atoms with Crippen LogP contribution in [0.25, 0.3) is 11.3 Å². The lowest BCUT2D eigenvalue weighted by Gasteiger charge is -2.02. The van der Waals surface area contributed by atoms with Gasteiger partial charge in [0.1, 0.15) is 0 Å². The number of benzene rings is 1. The van der Waals surface area contributed by atoms with E-state index in [4.69, 9.17) is 0 Å². The number of rotatable bonds is 3. The highest BCUT2D eigenvalue weighted by Gasteiger charge is 2.02. The summed E-state index contributed by atoms with van der Waals surface area (Å²) >= 11 is 0. The summed E-state index contributed by atoms with van der Waals surface area (Å²) in [7, 11) is -0.875. The molecule has 0 saturated heterocycles. The summed E-state index contributed by atoms with van der Waals surface area (Å²) in [6, 6.07) is 13.6. The Labute approximate surface area is 97.8 Å². The van der Waals surface area contributed by atoms with E-state index in [0.29, 0.717) is 5.75 Å². The van der Waals surface area contributed by atoms with Crippen LogP contribution in [0.5, 0.6) is 0 Å². The molecule has 16 heavy (non-hydrogen) atoms. The van der Waals surface area contributed by atoms with Crippen molar-refractivity contribution in [1.82, 2.24) is 4.98 Å². The van der Waals surface area contributed by atoms with Crippen molar-refractivity contribution < 1.29 is 4.21 Å². The van der Waals surface area contributed by atoms with Crippen LogP contribution in [0.2, 0.25) is 0 Å². The first kappa shape index (κ1) is 11.0. The third-order valence-electron chi connectivity index (χ3n) is 2.34. The predicted octanol–water partition coefficient (Wildman–Crippen LogP) is 2.88. The molecule has 3 heteroatoms. The highest BCUT2D eigenvalue weighted by atomic mass is 32.2. The van der Waals surface area contributed by atoms with Crippen LogP contribution in [0.1, 0.15) is 6.92 Å². The number of nitrogens with zero attached hydrogens (tertiary/aromatic N) is 1. The van der Waals surface area contributed by atoms with Crippen molar-refractivity contribution in [2.45, 2.75) is 11.8 Å². The molecule has 1 heterocycles. The first-order valence-corrected chi connectivity index (χ1v) is 6.53. The van der Waals surface area contributed by atoms with Gasteiger partial charge in [-0.3, -0.25) is 9.19 Å². The van der Waals surface area contributed by atoms with Gasteiger partial charge >= 0.3 is 0 Å². The van der Waals surface area contributed by atoms with Gasteiger partial charge in [-0.25, -0.2) is 0 Å². The number of hydrogen-bond acceptors (Lipinski definition) is 2. The Morgan fingerprint density at radius 3 is 2.44 bits per heavy atom. The van der Waals surface area contributed by atoms with Crippen molar-refractivity contribution >= 4 is 10.8 Å². The van der Waals surface area contributed by atoms with Crippen molar-refractivity contribution in [3.05, 3.63) is 48.7 Å². The maximum Gasteiger partial charge on any atom is 0.0701 e. The van der Waals surface area contributed by atoms with Gasteiger partial charge in [0.2, 0.25) is 0 Å². The second kappa shape index (κ2) is 5.03. The van der Waals surface area contributed by atoms with Gasteiger partial charge in [-0.15, -0.1) is 0 Å². The second-order valence-corrected chi connectivity index (χ2v) is 5.11. The van der Waals surface area contributed by atoms with E-state index in [-0.39, 0.29) is 0 Å². The van der Waals surface area contributed by atoms with Crippen LogP contribution in [0.4, 0.5) is 0 Å². The topological polar surface area (TPSA) is 30.0 Å². The molecule has 2 aromatic rings. The molecule has 0 bridgehead atoms. The van der Waals surface area contributed by atoms with Crippen molar-refractivity contribution in [2.24, 2.45) is 0 Å². The van der Waals surface area contributed by atoms with E-state index in [1.807, 2.05) is 49.4 Å². The molecule has 1 aromatic heterocycles. The lowest BCUT2D eigenvalue weighted by atomic mass is 10.1. The Kier molecular flexibility index (Phi) is 3.47. The quantitative estimate of drug-likeness (QED) is 0.813. The molecule has 82 valence electrons. The van der Waals surface area contributed by atoms with E-state index in [2.05, 4.69) is 4.98 Å². The Balaban J connectivity index is 2.30.